The first kappa shape index (κ1) is 15.5. The molecule has 0 aliphatic carbocycles. The van der Waals surface area contributed by atoms with Crippen LogP contribution >= 0.6 is 11.3 Å². The number of hydrogen-bond donors (Lipinski definition) is 1. The largest absolute Gasteiger partial charge is 0.385 e. The Balaban J connectivity index is 2.18. The zero-order valence-corrected chi connectivity index (χ0v) is 13.8. The third kappa shape index (κ3) is 3.82. The monoisotopic (exact) mass is 303 g/mol. The highest BCUT2D eigenvalue weighted by Crippen LogP contribution is 2.20. The minimum Gasteiger partial charge on any atom is -0.385 e. The molecule has 4 nitrogen and oxygen atoms in total. The van der Waals surface area contributed by atoms with Crippen molar-refractivity contribution < 1.29 is 4.79 Å². The summed E-state index contributed by atoms with van der Waals surface area (Å²) in [7, 11) is 1.81. The number of amides is 1. The number of carbonyl (C=O) groups is 1. The van der Waals surface area contributed by atoms with Crippen LogP contribution in [-0.4, -0.2) is 29.4 Å². The van der Waals surface area contributed by atoms with Crippen LogP contribution in [0.3, 0.4) is 0 Å². The molecule has 0 atom stereocenters. The molecule has 1 aromatic carbocycles. The number of benzene rings is 1. The molecule has 0 saturated heterocycles. The Morgan fingerprint density at radius 1 is 1.38 bits per heavy atom. The van der Waals surface area contributed by atoms with Crippen molar-refractivity contribution in [2.24, 2.45) is 0 Å². The molecule has 0 saturated carbocycles. The number of carbonyl (C=O) groups excluding carboxylic acids is 1. The molecule has 1 aromatic heterocycles. The van der Waals surface area contributed by atoms with Crippen molar-refractivity contribution in [1.82, 2.24) is 9.88 Å². The molecule has 0 unspecified atom stereocenters. The van der Waals surface area contributed by atoms with E-state index < -0.39 is 0 Å². The average Bonchev–Trinajstić information content (AvgIpc) is 2.84. The van der Waals surface area contributed by atoms with Crippen LogP contribution in [0.1, 0.15) is 33.5 Å². The summed E-state index contributed by atoms with van der Waals surface area (Å²) in [4.78, 5) is 18.7. The predicted octanol–water partition coefficient (Wildman–Crippen LogP) is 3.46. The summed E-state index contributed by atoms with van der Waals surface area (Å²) >= 11 is 1.61. The summed E-state index contributed by atoms with van der Waals surface area (Å²) in [6, 6.07) is 5.87. The number of aryl methyl sites for hydroxylation is 2. The summed E-state index contributed by atoms with van der Waals surface area (Å²) in [5.74, 6) is 0.0107. The Bertz CT molecular complexity index is 636. The molecular formula is C16H21N3OS. The van der Waals surface area contributed by atoms with E-state index in [9.17, 15) is 4.79 Å². The van der Waals surface area contributed by atoms with Crippen LogP contribution in [0.2, 0.25) is 0 Å². The lowest BCUT2D eigenvalue weighted by atomic mass is 10.1. The van der Waals surface area contributed by atoms with Crippen molar-refractivity contribution in [2.75, 3.05) is 18.9 Å². The number of hydrogen-bond acceptors (Lipinski definition) is 4. The first-order chi connectivity index (χ1) is 10.0. The maximum atomic E-state index is 12.6. The molecule has 0 spiro atoms. The molecule has 0 fully saturated rings. The lowest BCUT2D eigenvalue weighted by molar-refractivity contribution is 0.0784. The Kier molecular flexibility index (Phi) is 4.96. The van der Waals surface area contributed by atoms with Gasteiger partial charge >= 0.3 is 0 Å². The maximum Gasteiger partial charge on any atom is 0.256 e. The average molecular weight is 303 g/mol. The van der Waals surface area contributed by atoms with Crippen molar-refractivity contribution in [2.45, 2.75) is 27.3 Å². The van der Waals surface area contributed by atoms with Gasteiger partial charge in [-0.15, -0.1) is 11.3 Å². The summed E-state index contributed by atoms with van der Waals surface area (Å²) in [6.07, 6.45) is 0. The van der Waals surface area contributed by atoms with Gasteiger partial charge in [0.15, 0.2) is 0 Å². The SMILES string of the molecule is CCNc1cc(C)ccc1C(=O)N(C)Cc1csc(C)n1. The normalized spacial score (nSPS) is 10.5. The molecule has 1 N–H and O–H groups in total. The van der Waals surface area contributed by atoms with Gasteiger partial charge in [-0.25, -0.2) is 4.98 Å². The number of nitrogens with zero attached hydrogens (tertiary/aromatic N) is 2. The Morgan fingerprint density at radius 3 is 2.76 bits per heavy atom. The Labute approximate surface area is 129 Å². The Hall–Kier alpha value is -1.88. The van der Waals surface area contributed by atoms with Gasteiger partial charge in [0.05, 0.1) is 22.8 Å². The molecule has 0 bridgehead atoms. The van der Waals surface area contributed by atoms with Crippen molar-refractivity contribution in [3.63, 3.8) is 0 Å². The first-order valence-corrected chi connectivity index (χ1v) is 7.90. The van der Waals surface area contributed by atoms with E-state index in [2.05, 4.69) is 10.3 Å². The molecule has 0 radical (unpaired) electrons. The summed E-state index contributed by atoms with van der Waals surface area (Å²) in [6.45, 7) is 7.34. The number of anilines is 1. The quantitative estimate of drug-likeness (QED) is 0.920. The fourth-order valence-corrected chi connectivity index (χ4v) is 2.79. The van der Waals surface area contributed by atoms with E-state index in [1.54, 1.807) is 16.2 Å². The topological polar surface area (TPSA) is 45.2 Å². The molecule has 5 heteroatoms. The molecule has 112 valence electrons. The smallest absolute Gasteiger partial charge is 0.256 e. The number of thiazole rings is 1. The van der Waals surface area contributed by atoms with Gasteiger partial charge in [-0.1, -0.05) is 6.07 Å². The second kappa shape index (κ2) is 6.72. The third-order valence-electron chi connectivity index (χ3n) is 3.19. The van der Waals surface area contributed by atoms with Crippen LogP contribution in [0.25, 0.3) is 0 Å². The fraction of sp³-hybridized carbons (Fsp3) is 0.375. The van der Waals surface area contributed by atoms with Gasteiger partial charge in [0.25, 0.3) is 5.91 Å². The van der Waals surface area contributed by atoms with Gasteiger partial charge in [0.2, 0.25) is 0 Å². The maximum absolute atomic E-state index is 12.6. The Morgan fingerprint density at radius 2 is 2.14 bits per heavy atom. The van der Waals surface area contributed by atoms with Crippen LogP contribution in [0.5, 0.6) is 0 Å². The molecule has 21 heavy (non-hydrogen) atoms. The molecule has 2 rings (SSSR count). The molecule has 0 aliphatic heterocycles. The van der Waals surface area contributed by atoms with Gasteiger partial charge in [-0.3, -0.25) is 4.79 Å². The van der Waals surface area contributed by atoms with Crippen molar-refractivity contribution >= 4 is 22.9 Å². The fourth-order valence-electron chi connectivity index (χ4n) is 2.18. The second-order valence-corrected chi connectivity index (χ2v) is 6.16. The highest BCUT2D eigenvalue weighted by Gasteiger charge is 2.16. The second-order valence-electron chi connectivity index (χ2n) is 5.10. The van der Waals surface area contributed by atoms with Crippen LogP contribution in [0, 0.1) is 13.8 Å². The molecule has 1 amide bonds. The molecule has 2 aromatic rings. The lowest BCUT2D eigenvalue weighted by Gasteiger charge is -2.19. The van der Waals surface area contributed by atoms with Crippen molar-refractivity contribution in [3.05, 3.63) is 45.4 Å². The van der Waals surface area contributed by atoms with Gasteiger partial charge < -0.3 is 10.2 Å². The number of nitrogens with one attached hydrogen (secondary N) is 1. The van der Waals surface area contributed by atoms with E-state index in [1.165, 1.54) is 0 Å². The minimum atomic E-state index is 0.0107. The van der Waals surface area contributed by atoms with Crippen LogP contribution < -0.4 is 5.32 Å². The van der Waals surface area contributed by atoms with E-state index in [0.29, 0.717) is 12.1 Å². The zero-order valence-electron chi connectivity index (χ0n) is 12.9. The van der Waals surface area contributed by atoms with E-state index in [0.717, 1.165) is 28.5 Å². The van der Waals surface area contributed by atoms with E-state index >= 15 is 0 Å². The van der Waals surface area contributed by atoms with Crippen molar-refractivity contribution in [3.8, 4) is 0 Å². The molecule has 0 aliphatic rings. The van der Waals surface area contributed by atoms with Gasteiger partial charge in [0.1, 0.15) is 0 Å². The van der Waals surface area contributed by atoms with Crippen LogP contribution in [-0.2, 0) is 6.54 Å². The number of rotatable bonds is 5. The lowest BCUT2D eigenvalue weighted by Crippen LogP contribution is -2.27. The first-order valence-electron chi connectivity index (χ1n) is 7.02. The number of aromatic nitrogens is 1. The summed E-state index contributed by atoms with van der Waals surface area (Å²) in [5, 5.41) is 6.28. The van der Waals surface area contributed by atoms with Gasteiger partial charge in [-0.05, 0) is 38.5 Å². The molecule has 1 heterocycles. The van der Waals surface area contributed by atoms with Crippen molar-refractivity contribution in [1.29, 1.82) is 0 Å². The predicted molar refractivity (Wildman–Crippen MR) is 88.0 cm³/mol. The van der Waals surface area contributed by atoms with E-state index in [1.807, 2.05) is 51.4 Å². The molecular weight excluding hydrogens is 282 g/mol. The zero-order chi connectivity index (χ0) is 15.4. The van der Waals surface area contributed by atoms with Crippen LogP contribution in [0.15, 0.2) is 23.6 Å². The summed E-state index contributed by atoms with van der Waals surface area (Å²) in [5.41, 5.74) is 3.67. The van der Waals surface area contributed by atoms with E-state index in [-0.39, 0.29) is 5.91 Å². The highest BCUT2D eigenvalue weighted by atomic mass is 32.1. The summed E-state index contributed by atoms with van der Waals surface area (Å²) < 4.78 is 0. The third-order valence-corrected chi connectivity index (χ3v) is 4.01. The standard InChI is InChI=1S/C16H21N3OS/c1-5-17-15-8-11(2)6-7-14(15)16(20)19(4)9-13-10-21-12(3)18-13/h6-8,10,17H,5,9H2,1-4H3. The van der Waals surface area contributed by atoms with Gasteiger partial charge in [-0.2, -0.15) is 0 Å². The van der Waals surface area contributed by atoms with Crippen LogP contribution in [0.4, 0.5) is 5.69 Å². The minimum absolute atomic E-state index is 0.0107. The highest BCUT2D eigenvalue weighted by molar-refractivity contribution is 7.09. The van der Waals surface area contributed by atoms with E-state index in [4.69, 9.17) is 0 Å². The van der Waals surface area contributed by atoms with Gasteiger partial charge in [0, 0.05) is 24.7 Å².